The van der Waals surface area contributed by atoms with Gasteiger partial charge >= 0.3 is 0 Å². The summed E-state index contributed by atoms with van der Waals surface area (Å²) in [5, 5.41) is 2.97. The second kappa shape index (κ2) is 12.4. The van der Waals surface area contributed by atoms with E-state index < -0.39 is 22.0 Å². The molecule has 4 fully saturated rings. The smallest absolute Gasteiger partial charge is 0.244 e. The van der Waals surface area contributed by atoms with Crippen molar-refractivity contribution in [2.45, 2.75) is 89.6 Å². The summed E-state index contributed by atoms with van der Waals surface area (Å²) in [6.45, 7) is 5.59. The number of hydrogen-bond donors (Lipinski definition) is 1. The highest BCUT2D eigenvalue weighted by atomic mass is 32.2. The standard InChI is InChI=1S/C34H47N3O4S/c1-5-24(2)35-33(39)25(3)36(16-15-26-9-7-6-8-10-26)32(38)23-37(42(4,40)41)31-13-11-30(12-14-31)34-20-27-17-28(21-34)19-29(18-27)22-34/h6-14,24-25,27-29H,5,15-23H2,1-4H3,(H,35,39). The summed E-state index contributed by atoms with van der Waals surface area (Å²) >= 11 is 0. The van der Waals surface area contributed by atoms with Crippen LogP contribution in [0.4, 0.5) is 5.69 Å². The molecule has 8 heteroatoms. The molecular weight excluding hydrogens is 546 g/mol. The molecule has 7 nitrogen and oxygen atoms in total. The quantitative estimate of drug-likeness (QED) is 0.362. The van der Waals surface area contributed by atoms with Crippen molar-refractivity contribution in [3.8, 4) is 0 Å². The lowest BCUT2D eigenvalue weighted by Gasteiger charge is -2.57. The average molecular weight is 594 g/mol. The molecule has 0 spiro atoms. The molecule has 2 aromatic rings. The predicted molar refractivity (Wildman–Crippen MR) is 168 cm³/mol. The average Bonchev–Trinajstić information content (AvgIpc) is 2.95. The summed E-state index contributed by atoms with van der Waals surface area (Å²) in [4.78, 5) is 28.4. The zero-order valence-electron chi connectivity index (χ0n) is 25.6. The molecule has 2 aromatic carbocycles. The van der Waals surface area contributed by atoms with Crippen LogP contribution in [0.25, 0.3) is 0 Å². The fraction of sp³-hybridized carbons (Fsp3) is 0.588. The van der Waals surface area contributed by atoms with Crippen molar-refractivity contribution in [1.29, 1.82) is 0 Å². The summed E-state index contributed by atoms with van der Waals surface area (Å²) in [6, 6.07) is 17.0. The number of benzene rings is 2. The third kappa shape index (κ3) is 6.69. The van der Waals surface area contributed by atoms with Gasteiger partial charge in [-0.25, -0.2) is 8.42 Å². The maximum Gasteiger partial charge on any atom is 0.244 e. The lowest BCUT2D eigenvalue weighted by atomic mass is 9.48. The van der Waals surface area contributed by atoms with Gasteiger partial charge in [0.2, 0.25) is 21.8 Å². The molecule has 0 saturated heterocycles. The van der Waals surface area contributed by atoms with Crippen LogP contribution >= 0.6 is 0 Å². The van der Waals surface area contributed by atoms with Crippen molar-refractivity contribution in [1.82, 2.24) is 10.2 Å². The third-order valence-electron chi connectivity index (χ3n) is 10.1. The first-order chi connectivity index (χ1) is 20.0. The lowest BCUT2D eigenvalue weighted by molar-refractivity contribution is -0.139. The Bertz CT molecular complexity index is 1320. The topological polar surface area (TPSA) is 86.8 Å². The van der Waals surface area contributed by atoms with E-state index in [1.165, 1.54) is 53.3 Å². The van der Waals surface area contributed by atoms with E-state index in [2.05, 4.69) is 17.4 Å². The Labute approximate surface area is 252 Å². The Kier molecular flexibility index (Phi) is 9.02. The van der Waals surface area contributed by atoms with Crippen LogP contribution in [0.5, 0.6) is 0 Å². The van der Waals surface area contributed by atoms with E-state index >= 15 is 0 Å². The number of hydrogen-bond acceptors (Lipinski definition) is 4. The van der Waals surface area contributed by atoms with E-state index in [-0.39, 0.29) is 23.9 Å². The van der Waals surface area contributed by atoms with Crippen LogP contribution in [0.3, 0.4) is 0 Å². The summed E-state index contributed by atoms with van der Waals surface area (Å²) in [5.41, 5.74) is 3.06. The normalized spacial score (nSPS) is 26.0. The highest BCUT2D eigenvalue weighted by Gasteiger charge is 2.51. The molecule has 2 unspecified atom stereocenters. The summed E-state index contributed by atoms with van der Waals surface area (Å²) in [5.74, 6) is 1.83. The number of sulfonamides is 1. The SMILES string of the molecule is CCC(C)NC(=O)C(C)N(CCc1ccccc1)C(=O)CN(c1ccc(C23CC4CC(CC(C4)C2)C3)cc1)S(C)(=O)=O. The molecule has 1 N–H and O–H groups in total. The van der Waals surface area contributed by atoms with Crippen LogP contribution in [-0.4, -0.2) is 56.6 Å². The molecule has 228 valence electrons. The molecule has 4 bridgehead atoms. The highest BCUT2D eigenvalue weighted by molar-refractivity contribution is 7.92. The summed E-state index contributed by atoms with van der Waals surface area (Å²) < 4.78 is 27.3. The van der Waals surface area contributed by atoms with Crippen molar-refractivity contribution in [3.63, 3.8) is 0 Å². The van der Waals surface area contributed by atoms with Crippen LogP contribution in [0.15, 0.2) is 54.6 Å². The molecule has 0 heterocycles. The summed E-state index contributed by atoms with van der Waals surface area (Å²) in [6.07, 6.45) is 10.3. The number of carbonyl (C=O) groups is 2. The number of nitrogens with zero attached hydrogens (tertiary/aromatic N) is 2. The second-order valence-corrected chi connectivity index (χ2v) is 15.2. The van der Waals surface area contributed by atoms with Crippen molar-refractivity contribution >= 4 is 27.5 Å². The first-order valence-electron chi connectivity index (χ1n) is 15.7. The van der Waals surface area contributed by atoms with Gasteiger partial charge in [-0.3, -0.25) is 13.9 Å². The zero-order chi connectivity index (χ0) is 30.1. The molecule has 0 radical (unpaired) electrons. The van der Waals surface area contributed by atoms with Crippen LogP contribution in [0.2, 0.25) is 0 Å². The predicted octanol–water partition coefficient (Wildman–Crippen LogP) is 5.29. The Morgan fingerprint density at radius 3 is 2.02 bits per heavy atom. The summed E-state index contributed by atoms with van der Waals surface area (Å²) in [7, 11) is -3.76. The van der Waals surface area contributed by atoms with Gasteiger partial charge in [0, 0.05) is 12.6 Å². The molecule has 0 aromatic heterocycles. The van der Waals surface area contributed by atoms with Gasteiger partial charge in [-0.15, -0.1) is 0 Å². The van der Waals surface area contributed by atoms with Gasteiger partial charge in [0.05, 0.1) is 11.9 Å². The first-order valence-corrected chi connectivity index (χ1v) is 17.5. The fourth-order valence-corrected chi connectivity index (χ4v) is 8.94. The minimum Gasteiger partial charge on any atom is -0.352 e. The first kappa shape index (κ1) is 30.6. The molecule has 42 heavy (non-hydrogen) atoms. The number of carbonyl (C=O) groups excluding carboxylic acids is 2. The van der Waals surface area contributed by atoms with Crippen LogP contribution < -0.4 is 9.62 Å². The lowest BCUT2D eigenvalue weighted by Crippen LogP contribution is -2.53. The Hall–Kier alpha value is -2.87. The van der Waals surface area contributed by atoms with Gasteiger partial charge < -0.3 is 10.2 Å². The maximum atomic E-state index is 13.8. The van der Waals surface area contributed by atoms with E-state index in [0.717, 1.165) is 36.0 Å². The van der Waals surface area contributed by atoms with Crippen molar-refractivity contribution < 1.29 is 18.0 Å². The number of nitrogens with one attached hydrogen (secondary N) is 1. The Morgan fingerprint density at radius 1 is 0.929 bits per heavy atom. The molecule has 4 aliphatic rings. The Balaban J connectivity index is 1.35. The maximum absolute atomic E-state index is 13.8. The molecule has 2 amide bonds. The minimum absolute atomic E-state index is 0.0222. The van der Waals surface area contributed by atoms with Crippen LogP contribution in [-0.2, 0) is 31.4 Å². The van der Waals surface area contributed by atoms with Crippen LogP contribution in [0.1, 0.15) is 76.8 Å². The van der Waals surface area contributed by atoms with Crippen molar-refractivity contribution in [2.75, 3.05) is 23.7 Å². The van der Waals surface area contributed by atoms with E-state index in [1.54, 1.807) is 6.92 Å². The number of rotatable bonds is 12. The third-order valence-corrected chi connectivity index (χ3v) is 11.3. The van der Waals surface area contributed by atoms with Gasteiger partial charge in [-0.05, 0) is 112 Å². The molecule has 4 saturated carbocycles. The monoisotopic (exact) mass is 593 g/mol. The number of anilines is 1. The second-order valence-electron chi connectivity index (χ2n) is 13.3. The molecule has 6 rings (SSSR count). The van der Waals surface area contributed by atoms with Gasteiger partial charge in [0.1, 0.15) is 12.6 Å². The zero-order valence-corrected chi connectivity index (χ0v) is 26.4. The van der Waals surface area contributed by atoms with E-state index in [1.807, 2.05) is 56.3 Å². The van der Waals surface area contributed by atoms with Gasteiger partial charge in [-0.1, -0.05) is 49.4 Å². The van der Waals surface area contributed by atoms with Gasteiger partial charge in [0.15, 0.2) is 0 Å². The molecular formula is C34H47N3O4S. The van der Waals surface area contributed by atoms with Crippen molar-refractivity contribution in [2.24, 2.45) is 17.8 Å². The van der Waals surface area contributed by atoms with Gasteiger partial charge in [-0.2, -0.15) is 0 Å². The fourth-order valence-electron chi connectivity index (χ4n) is 8.09. The molecule has 2 atom stereocenters. The highest BCUT2D eigenvalue weighted by Crippen LogP contribution is 2.60. The van der Waals surface area contributed by atoms with Gasteiger partial charge in [0.25, 0.3) is 0 Å². The minimum atomic E-state index is -3.76. The Morgan fingerprint density at radius 2 is 1.50 bits per heavy atom. The molecule has 4 aliphatic carbocycles. The van der Waals surface area contributed by atoms with Crippen molar-refractivity contribution in [3.05, 3.63) is 65.7 Å². The van der Waals surface area contributed by atoms with Crippen LogP contribution in [0, 0.1) is 17.8 Å². The largest absolute Gasteiger partial charge is 0.352 e. The number of amides is 2. The van der Waals surface area contributed by atoms with E-state index in [4.69, 9.17) is 0 Å². The van der Waals surface area contributed by atoms with E-state index in [9.17, 15) is 18.0 Å². The van der Waals surface area contributed by atoms with E-state index in [0.29, 0.717) is 18.7 Å². The molecule has 0 aliphatic heterocycles.